The van der Waals surface area contributed by atoms with Gasteiger partial charge in [0, 0.05) is 18.0 Å². The Morgan fingerprint density at radius 1 is 1.24 bits per heavy atom. The van der Waals surface area contributed by atoms with Gasteiger partial charge in [-0.25, -0.2) is 9.37 Å². The van der Waals surface area contributed by atoms with E-state index in [1.165, 1.54) is 12.1 Å². The molecule has 0 radical (unpaired) electrons. The first-order valence-corrected chi connectivity index (χ1v) is 5.36. The number of halogens is 2. The molecule has 0 saturated heterocycles. The summed E-state index contributed by atoms with van der Waals surface area (Å²) in [5, 5.41) is 0.342. The van der Waals surface area contributed by atoms with E-state index in [-0.39, 0.29) is 5.82 Å². The molecule has 0 amide bonds. The number of imidazole rings is 1. The standard InChI is InChI=1S/C12H7ClFN3/c13-11-5-8(14)1-2-10(11)12-16-7-9-6-15-3-4-17(9)12/h1-7H. The maximum atomic E-state index is 13.0. The molecule has 5 heteroatoms. The van der Waals surface area contributed by atoms with Crippen molar-refractivity contribution < 1.29 is 4.39 Å². The van der Waals surface area contributed by atoms with Gasteiger partial charge >= 0.3 is 0 Å². The Bertz CT molecular complexity index is 693. The molecular formula is C12H7ClFN3. The lowest BCUT2D eigenvalue weighted by Crippen LogP contribution is -1.90. The molecule has 0 unspecified atom stereocenters. The van der Waals surface area contributed by atoms with Crippen molar-refractivity contribution in [3.63, 3.8) is 0 Å². The molecule has 0 N–H and O–H groups in total. The Hall–Kier alpha value is -1.94. The van der Waals surface area contributed by atoms with Gasteiger partial charge in [-0.05, 0) is 18.2 Å². The lowest BCUT2D eigenvalue weighted by molar-refractivity contribution is 0.628. The van der Waals surface area contributed by atoms with E-state index < -0.39 is 0 Å². The van der Waals surface area contributed by atoms with Crippen LogP contribution in [-0.4, -0.2) is 14.4 Å². The number of aromatic nitrogens is 3. The molecule has 1 aromatic carbocycles. The quantitative estimate of drug-likeness (QED) is 0.661. The topological polar surface area (TPSA) is 30.2 Å². The van der Waals surface area contributed by atoms with Gasteiger partial charge in [0.1, 0.15) is 11.6 Å². The zero-order valence-electron chi connectivity index (χ0n) is 8.64. The van der Waals surface area contributed by atoms with Gasteiger partial charge in [0.15, 0.2) is 0 Å². The van der Waals surface area contributed by atoms with E-state index in [1.54, 1.807) is 30.9 Å². The summed E-state index contributed by atoms with van der Waals surface area (Å²) in [6.45, 7) is 0. The van der Waals surface area contributed by atoms with E-state index in [0.717, 1.165) is 5.52 Å². The van der Waals surface area contributed by atoms with Crippen LogP contribution >= 0.6 is 11.6 Å². The molecule has 0 fully saturated rings. The lowest BCUT2D eigenvalue weighted by Gasteiger charge is -2.03. The van der Waals surface area contributed by atoms with Crippen molar-refractivity contribution >= 4 is 17.1 Å². The largest absolute Gasteiger partial charge is 0.297 e. The summed E-state index contributed by atoms with van der Waals surface area (Å²) in [4.78, 5) is 8.27. The third-order valence-electron chi connectivity index (χ3n) is 2.51. The first kappa shape index (κ1) is 10.2. The van der Waals surface area contributed by atoms with Crippen LogP contribution in [0.5, 0.6) is 0 Å². The summed E-state index contributed by atoms with van der Waals surface area (Å²) >= 11 is 6.01. The molecule has 3 aromatic rings. The second-order valence-corrected chi connectivity index (χ2v) is 3.98. The molecular weight excluding hydrogens is 241 g/mol. The highest BCUT2D eigenvalue weighted by Gasteiger charge is 2.10. The Balaban J connectivity index is 2.27. The fourth-order valence-corrected chi connectivity index (χ4v) is 1.97. The molecule has 0 saturated carbocycles. The van der Waals surface area contributed by atoms with Gasteiger partial charge in [-0.1, -0.05) is 11.6 Å². The minimum Gasteiger partial charge on any atom is -0.297 e. The highest BCUT2D eigenvalue weighted by Crippen LogP contribution is 2.27. The molecule has 0 atom stereocenters. The molecule has 84 valence electrons. The Morgan fingerprint density at radius 3 is 2.94 bits per heavy atom. The lowest BCUT2D eigenvalue weighted by atomic mass is 10.2. The number of hydrogen-bond donors (Lipinski definition) is 0. The van der Waals surface area contributed by atoms with Gasteiger partial charge in [0.25, 0.3) is 0 Å². The molecule has 0 bridgehead atoms. The average Bonchev–Trinajstić information content (AvgIpc) is 2.73. The van der Waals surface area contributed by atoms with Crippen LogP contribution in [0, 0.1) is 5.82 Å². The van der Waals surface area contributed by atoms with E-state index in [9.17, 15) is 4.39 Å². The molecule has 2 aromatic heterocycles. The molecule has 0 aliphatic heterocycles. The van der Waals surface area contributed by atoms with Crippen LogP contribution in [-0.2, 0) is 0 Å². The van der Waals surface area contributed by atoms with Crippen molar-refractivity contribution in [1.82, 2.24) is 14.4 Å². The Morgan fingerprint density at radius 2 is 2.12 bits per heavy atom. The Labute approximate surface area is 102 Å². The molecule has 2 heterocycles. The highest BCUT2D eigenvalue weighted by molar-refractivity contribution is 6.33. The summed E-state index contributed by atoms with van der Waals surface area (Å²) in [5.74, 6) is 0.314. The minimum atomic E-state index is -0.360. The summed E-state index contributed by atoms with van der Waals surface area (Å²) in [7, 11) is 0. The average molecular weight is 248 g/mol. The van der Waals surface area contributed by atoms with E-state index in [4.69, 9.17) is 11.6 Å². The number of rotatable bonds is 1. The molecule has 0 spiro atoms. The number of nitrogens with zero attached hydrogens (tertiary/aromatic N) is 3. The highest BCUT2D eigenvalue weighted by atomic mass is 35.5. The molecule has 0 aliphatic carbocycles. The molecule has 3 nitrogen and oxygen atoms in total. The normalized spacial score (nSPS) is 10.9. The smallest absolute Gasteiger partial charge is 0.146 e. The van der Waals surface area contributed by atoms with Crippen LogP contribution in [0.3, 0.4) is 0 Å². The van der Waals surface area contributed by atoms with E-state index in [2.05, 4.69) is 9.97 Å². The number of fused-ring (bicyclic) bond motifs is 1. The van der Waals surface area contributed by atoms with Crippen molar-refractivity contribution in [2.45, 2.75) is 0 Å². The predicted molar refractivity (Wildman–Crippen MR) is 63.4 cm³/mol. The first-order valence-electron chi connectivity index (χ1n) is 4.98. The van der Waals surface area contributed by atoms with Crippen LogP contribution in [0.2, 0.25) is 5.02 Å². The molecule has 0 aliphatic rings. The monoisotopic (exact) mass is 247 g/mol. The zero-order valence-corrected chi connectivity index (χ0v) is 9.39. The summed E-state index contributed by atoms with van der Waals surface area (Å²) in [6, 6.07) is 4.26. The van der Waals surface area contributed by atoms with Crippen LogP contribution in [0.15, 0.2) is 43.0 Å². The van der Waals surface area contributed by atoms with Crippen LogP contribution in [0.4, 0.5) is 4.39 Å². The van der Waals surface area contributed by atoms with Crippen molar-refractivity contribution in [2.24, 2.45) is 0 Å². The van der Waals surface area contributed by atoms with Gasteiger partial charge in [-0.2, -0.15) is 0 Å². The van der Waals surface area contributed by atoms with Gasteiger partial charge in [0.2, 0.25) is 0 Å². The van der Waals surface area contributed by atoms with Crippen LogP contribution < -0.4 is 0 Å². The third kappa shape index (κ3) is 1.66. The Kier molecular flexibility index (Phi) is 2.30. The summed E-state index contributed by atoms with van der Waals surface area (Å²) in [6.07, 6.45) is 6.85. The summed E-state index contributed by atoms with van der Waals surface area (Å²) in [5.41, 5.74) is 1.56. The fourth-order valence-electron chi connectivity index (χ4n) is 1.72. The maximum Gasteiger partial charge on any atom is 0.146 e. The van der Waals surface area contributed by atoms with Crippen LogP contribution in [0.1, 0.15) is 0 Å². The van der Waals surface area contributed by atoms with Gasteiger partial charge in [-0.15, -0.1) is 0 Å². The van der Waals surface area contributed by atoms with E-state index in [0.29, 0.717) is 16.4 Å². The second kappa shape index (κ2) is 3.82. The van der Waals surface area contributed by atoms with Crippen molar-refractivity contribution in [2.75, 3.05) is 0 Å². The predicted octanol–water partition coefficient (Wildman–Crippen LogP) is 3.19. The molecule has 17 heavy (non-hydrogen) atoms. The number of hydrogen-bond acceptors (Lipinski definition) is 2. The SMILES string of the molecule is Fc1ccc(-c2ncc3cnccn23)c(Cl)c1. The van der Waals surface area contributed by atoms with Crippen molar-refractivity contribution in [3.8, 4) is 11.4 Å². The number of benzene rings is 1. The summed E-state index contributed by atoms with van der Waals surface area (Å²) < 4.78 is 14.8. The van der Waals surface area contributed by atoms with Gasteiger partial charge < -0.3 is 0 Å². The van der Waals surface area contributed by atoms with E-state index in [1.807, 2.05) is 4.40 Å². The van der Waals surface area contributed by atoms with Crippen molar-refractivity contribution in [1.29, 1.82) is 0 Å². The van der Waals surface area contributed by atoms with Crippen molar-refractivity contribution in [3.05, 3.63) is 53.8 Å². The second-order valence-electron chi connectivity index (χ2n) is 3.58. The fraction of sp³-hybridized carbons (Fsp3) is 0. The van der Waals surface area contributed by atoms with Gasteiger partial charge in [-0.3, -0.25) is 9.38 Å². The zero-order chi connectivity index (χ0) is 11.8. The maximum absolute atomic E-state index is 13.0. The first-order chi connectivity index (χ1) is 8.25. The van der Waals surface area contributed by atoms with E-state index >= 15 is 0 Å². The van der Waals surface area contributed by atoms with Gasteiger partial charge in [0.05, 0.1) is 22.9 Å². The molecule has 3 rings (SSSR count). The minimum absolute atomic E-state index is 0.342. The third-order valence-corrected chi connectivity index (χ3v) is 2.82. The van der Waals surface area contributed by atoms with Crippen LogP contribution in [0.25, 0.3) is 16.9 Å².